The van der Waals surface area contributed by atoms with Crippen LogP contribution in [0.3, 0.4) is 0 Å². The van der Waals surface area contributed by atoms with Gasteiger partial charge in [-0.05, 0) is 62.2 Å². The summed E-state index contributed by atoms with van der Waals surface area (Å²) >= 11 is 0. The summed E-state index contributed by atoms with van der Waals surface area (Å²) < 4.78 is 32.7. The van der Waals surface area contributed by atoms with Gasteiger partial charge >= 0.3 is 5.97 Å². The van der Waals surface area contributed by atoms with Gasteiger partial charge in [-0.25, -0.2) is 8.78 Å². The van der Waals surface area contributed by atoms with Gasteiger partial charge < -0.3 is 4.74 Å². The number of carbonyl (C=O) groups excluding carboxylic acids is 3. The van der Waals surface area contributed by atoms with Gasteiger partial charge in [0.1, 0.15) is 24.7 Å². The third kappa shape index (κ3) is 3.96. The van der Waals surface area contributed by atoms with Crippen LogP contribution in [0.4, 0.5) is 20.2 Å². The fourth-order valence-electron chi connectivity index (χ4n) is 3.16. The Morgan fingerprint density at radius 1 is 1.07 bits per heavy atom. The minimum atomic E-state index is -0.886. The van der Waals surface area contributed by atoms with E-state index in [1.165, 1.54) is 4.90 Å². The molecule has 0 unspecified atom stereocenters. The van der Waals surface area contributed by atoms with Crippen LogP contribution in [0.1, 0.15) is 28.4 Å². The molecule has 0 spiro atoms. The molecule has 1 heterocycles. The third-order valence-corrected chi connectivity index (χ3v) is 4.76. The van der Waals surface area contributed by atoms with Gasteiger partial charge in [0, 0.05) is 0 Å². The van der Waals surface area contributed by atoms with Gasteiger partial charge in [-0.1, -0.05) is 0 Å². The van der Waals surface area contributed by atoms with Crippen molar-refractivity contribution in [3.63, 3.8) is 0 Å². The number of amides is 2. The Kier molecular flexibility index (Phi) is 5.63. The second-order valence-electron chi connectivity index (χ2n) is 6.73. The molecule has 2 aromatic carbocycles. The van der Waals surface area contributed by atoms with E-state index in [9.17, 15) is 23.2 Å². The van der Waals surface area contributed by atoms with E-state index in [4.69, 9.17) is 4.74 Å². The lowest BCUT2D eigenvalue weighted by Crippen LogP contribution is -2.50. The predicted octanol–water partition coefficient (Wildman–Crippen LogP) is 3.14. The lowest BCUT2D eigenvalue weighted by Gasteiger charge is -2.36. The number of nitrogens with zero attached hydrogens (tertiary/aromatic N) is 2. The van der Waals surface area contributed by atoms with Crippen molar-refractivity contribution in [1.82, 2.24) is 0 Å². The number of aryl methyl sites for hydroxylation is 2. The number of benzene rings is 2. The smallest absolute Gasteiger partial charge is 0.326 e. The molecule has 29 heavy (non-hydrogen) atoms. The first-order chi connectivity index (χ1) is 13.7. The fourth-order valence-corrected chi connectivity index (χ4v) is 3.16. The van der Waals surface area contributed by atoms with E-state index in [1.807, 2.05) is 13.8 Å². The van der Waals surface area contributed by atoms with Gasteiger partial charge in [-0.15, -0.1) is 0 Å². The number of halogens is 2. The van der Waals surface area contributed by atoms with E-state index in [1.54, 1.807) is 19.1 Å². The van der Waals surface area contributed by atoms with Gasteiger partial charge in [0.2, 0.25) is 5.91 Å². The maximum atomic E-state index is 14.2. The molecule has 0 aromatic heterocycles. The Balaban J connectivity index is 2.08. The molecule has 1 aliphatic rings. The van der Waals surface area contributed by atoms with Crippen LogP contribution in [0, 0.1) is 25.5 Å². The van der Waals surface area contributed by atoms with Crippen LogP contribution in [-0.2, 0) is 14.3 Å². The highest BCUT2D eigenvalue weighted by Gasteiger charge is 2.35. The Hall–Kier alpha value is -3.29. The second kappa shape index (κ2) is 7.98. The quantitative estimate of drug-likeness (QED) is 0.737. The van der Waals surface area contributed by atoms with Crippen molar-refractivity contribution in [3.8, 4) is 0 Å². The van der Waals surface area contributed by atoms with Crippen molar-refractivity contribution in [2.75, 3.05) is 29.5 Å². The molecular formula is C21H20F2N2O4. The van der Waals surface area contributed by atoms with Crippen LogP contribution in [0.2, 0.25) is 0 Å². The van der Waals surface area contributed by atoms with Crippen molar-refractivity contribution in [2.24, 2.45) is 0 Å². The maximum Gasteiger partial charge on any atom is 0.326 e. The van der Waals surface area contributed by atoms with Crippen LogP contribution in [0.5, 0.6) is 0 Å². The molecule has 0 radical (unpaired) electrons. The number of esters is 1. The van der Waals surface area contributed by atoms with Crippen LogP contribution in [0.25, 0.3) is 0 Å². The van der Waals surface area contributed by atoms with Gasteiger partial charge in [0.05, 0.1) is 23.5 Å². The lowest BCUT2D eigenvalue weighted by molar-refractivity contribution is -0.142. The molecule has 0 N–H and O–H groups in total. The summed E-state index contributed by atoms with van der Waals surface area (Å²) in [6.45, 7) is 4.76. The molecule has 6 nitrogen and oxygen atoms in total. The van der Waals surface area contributed by atoms with Crippen LogP contribution >= 0.6 is 0 Å². The molecule has 3 rings (SSSR count). The summed E-state index contributed by atoms with van der Waals surface area (Å²) in [6, 6.07) is 5.94. The maximum absolute atomic E-state index is 14.2. The largest absolute Gasteiger partial charge is 0.465 e. The number of anilines is 2. The molecular weight excluding hydrogens is 382 g/mol. The lowest BCUT2D eigenvalue weighted by atomic mass is 10.0. The van der Waals surface area contributed by atoms with Gasteiger partial charge in [-0.2, -0.15) is 0 Å². The molecule has 0 bridgehead atoms. The molecule has 0 aliphatic carbocycles. The number of rotatable bonds is 4. The summed E-state index contributed by atoms with van der Waals surface area (Å²) in [5, 5.41) is 0. The summed E-state index contributed by atoms with van der Waals surface area (Å²) in [7, 11) is 0. The zero-order chi connectivity index (χ0) is 21.3. The normalized spacial score (nSPS) is 13.3. The summed E-state index contributed by atoms with van der Waals surface area (Å²) in [6.07, 6.45) is 0. The number of hydrogen-bond donors (Lipinski definition) is 0. The average molecular weight is 402 g/mol. The number of hydrogen-bond acceptors (Lipinski definition) is 4. The molecule has 8 heteroatoms. The molecule has 0 fully saturated rings. The summed E-state index contributed by atoms with van der Waals surface area (Å²) in [5.74, 6) is -3.60. The summed E-state index contributed by atoms with van der Waals surface area (Å²) in [4.78, 5) is 40.0. The summed E-state index contributed by atoms with van der Waals surface area (Å²) in [5.41, 5.74) is 1.89. The van der Waals surface area contributed by atoms with Crippen molar-refractivity contribution >= 4 is 29.2 Å². The van der Waals surface area contributed by atoms with Crippen molar-refractivity contribution in [1.29, 1.82) is 0 Å². The van der Waals surface area contributed by atoms with E-state index in [0.717, 1.165) is 34.2 Å². The van der Waals surface area contributed by atoms with Crippen molar-refractivity contribution in [2.45, 2.75) is 20.8 Å². The third-order valence-electron chi connectivity index (χ3n) is 4.76. The first-order valence-electron chi connectivity index (χ1n) is 9.07. The highest BCUT2D eigenvalue weighted by Crippen LogP contribution is 2.37. The zero-order valence-electron chi connectivity index (χ0n) is 16.3. The fraction of sp³-hybridized carbons (Fsp3) is 0.286. The minimum Gasteiger partial charge on any atom is -0.465 e. The highest BCUT2D eigenvalue weighted by atomic mass is 19.1. The zero-order valence-corrected chi connectivity index (χ0v) is 16.3. The van der Waals surface area contributed by atoms with E-state index >= 15 is 0 Å². The second-order valence-corrected chi connectivity index (χ2v) is 6.73. The molecule has 152 valence electrons. The molecule has 2 amide bonds. The first kappa shape index (κ1) is 20.4. The molecule has 0 saturated carbocycles. The first-order valence-corrected chi connectivity index (χ1v) is 9.07. The molecule has 1 aliphatic heterocycles. The highest BCUT2D eigenvalue weighted by molar-refractivity contribution is 6.16. The molecule has 2 aromatic rings. The van der Waals surface area contributed by atoms with Crippen LogP contribution in [0.15, 0.2) is 30.3 Å². The predicted molar refractivity (Wildman–Crippen MR) is 103 cm³/mol. The number of fused-ring (bicyclic) bond motifs is 1. The number of ether oxygens (including phenoxy) is 1. The van der Waals surface area contributed by atoms with Gasteiger partial charge in [0.25, 0.3) is 5.91 Å². The Morgan fingerprint density at radius 3 is 2.38 bits per heavy atom. The van der Waals surface area contributed by atoms with Gasteiger partial charge in [-0.3, -0.25) is 24.2 Å². The van der Waals surface area contributed by atoms with Gasteiger partial charge in [0.15, 0.2) is 0 Å². The van der Waals surface area contributed by atoms with E-state index in [0.29, 0.717) is 11.4 Å². The van der Waals surface area contributed by atoms with Crippen molar-refractivity contribution < 1.29 is 27.9 Å². The Morgan fingerprint density at radius 2 is 1.72 bits per heavy atom. The number of carbonyl (C=O) groups is 3. The Labute approximate surface area is 166 Å². The van der Waals surface area contributed by atoms with E-state index in [-0.39, 0.29) is 13.2 Å². The van der Waals surface area contributed by atoms with Crippen LogP contribution in [-0.4, -0.2) is 37.5 Å². The topological polar surface area (TPSA) is 66.9 Å². The van der Waals surface area contributed by atoms with Crippen LogP contribution < -0.4 is 9.80 Å². The SMILES string of the molecule is CCOC(=O)CN1C(=O)CN(C(=O)c2cc(F)ccc2F)c2cc(C)c(C)cc21. The monoisotopic (exact) mass is 402 g/mol. The molecule has 0 saturated heterocycles. The van der Waals surface area contributed by atoms with Crippen molar-refractivity contribution in [3.05, 3.63) is 58.7 Å². The molecule has 0 atom stereocenters. The van der Waals surface area contributed by atoms with E-state index in [2.05, 4.69) is 0 Å². The minimum absolute atomic E-state index is 0.171. The van der Waals surface area contributed by atoms with E-state index < -0.39 is 41.5 Å². The Bertz CT molecular complexity index is 1010. The standard InChI is InChI=1S/C21H20F2N2O4/c1-4-29-20(27)11-24-17-7-12(2)13(3)8-18(17)25(10-19(24)26)21(28)15-9-14(22)5-6-16(15)23/h5-9H,4,10-11H2,1-3H3. The average Bonchev–Trinajstić information content (AvgIpc) is 2.67.